The molecular formula is C20H19IN2O4. The lowest BCUT2D eigenvalue weighted by Crippen LogP contribution is -2.44. The topological polar surface area (TPSA) is 80.4 Å². The molecule has 1 amide bonds. The molecule has 0 spiro atoms. The number of benzene rings is 2. The summed E-state index contributed by atoms with van der Waals surface area (Å²) in [5, 5.41) is 3.71. The lowest BCUT2D eigenvalue weighted by Gasteiger charge is -2.16. The molecule has 1 atom stereocenters. The summed E-state index contributed by atoms with van der Waals surface area (Å²) in [7, 11) is 1.30. The van der Waals surface area contributed by atoms with Crippen LogP contribution < -0.4 is 10.1 Å². The summed E-state index contributed by atoms with van der Waals surface area (Å²) in [6.45, 7) is -0.179. The van der Waals surface area contributed by atoms with Crippen molar-refractivity contribution >= 4 is 45.4 Å². The van der Waals surface area contributed by atoms with E-state index in [2.05, 4.69) is 32.9 Å². The Kier molecular flexibility index (Phi) is 6.33. The van der Waals surface area contributed by atoms with E-state index in [1.165, 1.54) is 7.11 Å². The zero-order valence-electron chi connectivity index (χ0n) is 14.7. The van der Waals surface area contributed by atoms with Gasteiger partial charge in [0.1, 0.15) is 11.8 Å². The second-order valence-electron chi connectivity index (χ2n) is 5.95. The Morgan fingerprint density at radius 2 is 1.89 bits per heavy atom. The molecule has 0 aliphatic rings. The fourth-order valence-corrected chi connectivity index (χ4v) is 3.13. The van der Waals surface area contributed by atoms with Crippen LogP contribution in [0.5, 0.6) is 5.75 Å². The molecule has 0 fully saturated rings. The minimum absolute atomic E-state index is 0.179. The van der Waals surface area contributed by atoms with Gasteiger partial charge in [0.2, 0.25) is 0 Å². The molecule has 0 saturated heterocycles. The lowest BCUT2D eigenvalue weighted by molar-refractivity contribution is -0.145. The average Bonchev–Trinajstić information content (AvgIpc) is 3.09. The summed E-state index contributed by atoms with van der Waals surface area (Å²) in [6, 6.07) is 14.4. The van der Waals surface area contributed by atoms with Crippen LogP contribution in [0, 0.1) is 3.57 Å². The Bertz CT molecular complexity index is 937. The first kappa shape index (κ1) is 19.2. The van der Waals surface area contributed by atoms with Crippen LogP contribution in [-0.2, 0) is 20.7 Å². The fourth-order valence-electron chi connectivity index (χ4n) is 2.77. The first-order chi connectivity index (χ1) is 13.1. The third kappa shape index (κ3) is 5.00. The van der Waals surface area contributed by atoms with Gasteiger partial charge in [-0.2, -0.15) is 0 Å². The van der Waals surface area contributed by atoms with Crippen molar-refractivity contribution in [3.8, 4) is 5.75 Å². The molecule has 1 aromatic heterocycles. The van der Waals surface area contributed by atoms with E-state index in [9.17, 15) is 9.59 Å². The van der Waals surface area contributed by atoms with Gasteiger partial charge in [-0.05, 0) is 58.5 Å². The predicted octanol–water partition coefficient (Wildman–Crippen LogP) is 3.05. The van der Waals surface area contributed by atoms with E-state index in [0.717, 1.165) is 20.0 Å². The summed E-state index contributed by atoms with van der Waals surface area (Å²) in [5.41, 5.74) is 1.91. The fraction of sp³-hybridized carbons (Fsp3) is 0.200. The van der Waals surface area contributed by atoms with Crippen LogP contribution in [0.15, 0.2) is 54.7 Å². The first-order valence-electron chi connectivity index (χ1n) is 8.37. The van der Waals surface area contributed by atoms with Gasteiger partial charge >= 0.3 is 5.97 Å². The Balaban J connectivity index is 1.65. The van der Waals surface area contributed by atoms with E-state index in [4.69, 9.17) is 9.47 Å². The maximum absolute atomic E-state index is 12.3. The number of hydrogen-bond donors (Lipinski definition) is 2. The Morgan fingerprint density at radius 1 is 1.15 bits per heavy atom. The standard InChI is InChI=1S/C20H19IN2O4/c1-26-20(25)18(10-13-11-22-17-5-3-2-4-16(13)17)23-19(24)12-27-15-8-6-14(21)7-9-15/h2-9,11,18,22H,10,12H2,1H3,(H,23,24). The molecule has 2 N–H and O–H groups in total. The third-order valence-electron chi connectivity index (χ3n) is 4.10. The number of hydrogen-bond acceptors (Lipinski definition) is 4. The van der Waals surface area contributed by atoms with E-state index in [1.807, 2.05) is 42.6 Å². The van der Waals surface area contributed by atoms with Crippen molar-refractivity contribution < 1.29 is 19.1 Å². The molecule has 0 bridgehead atoms. The van der Waals surface area contributed by atoms with Crippen molar-refractivity contribution in [3.63, 3.8) is 0 Å². The number of ether oxygens (including phenoxy) is 2. The molecule has 1 unspecified atom stereocenters. The molecule has 2 aromatic carbocycles. The molecule has 0 saturated carbocycles. The predicted molar refractivity (Wildman–Crippen MR) is 111 cm³/mol. The Hall–Kier alpha value is -2.55. The van der Waals surface area contributed by atoms with Gasteiger partial charge < -0.3 is 19.8 Å². The van der Waals surface area contributed by atoms with Crippen LogP contribution in [0.3, 0.4) is 0 Å². The molecule has 1 heterocycles. The van der Waals surface area contributed by atoms with Crippen LogP contribution in [0.25, 0.3) is 10.9 Å². The lowest BCUT2D eigenvalue weighted by atomic mass is 10.0. The molecule has 6 nitrogen and oxygen atoms in total. The van der Waals surface area contributed by atoms with Crippen molar-refractivity contribution in [2.45, 2.75) is 12.5 Å². The maximum Gasteiger partial charge on any atom is 0.328 e. The monoisotopic (exact) mass is 478 g/mol. The molecule has 0 aliphatic heterocycles. The molecule has 0 radical (unpaired) electrons. The molecule has 3 rings (SSSR count). The number of aromatic nitrogens is 1. The van der Waals surface area contributed by atoms with Gasteiger partial charge in [-0.3, -0.25) is 4.79 Å². The number of methoxy groups -OCH3 is 1. The first-order valence-corrected chi connectivity index (χ1v) is 9.45. The molecule has 7 heteroatoms. The van der Waals surface area contributed by atoms with Gasteiger partial charge in [0.15, 0.2) is 6.61 Å². The Morgan fingerprint density at radius 3 is 2.63 bits per heavy atom. The summed E-state index contributed by atoms with van der Waals surface area (Å²) in [5.74, 6) is -0.288. The zero-order valence-corrected chi connectivity index (χ0v) is 16.9. The summed E-state index contributed by atoms with van der Waals surface area (Å²) in [4.78, 5) is 27.6. The van der Waals surface area contributed by atoms with Crippen molar-refractivity contribution in [3.05, 3.63) is 63.9 Å². The van der Waals surface area contributed by atoms with Crippen LogP contribution >= 0.6 is 22.6 Å². The van der Waals surface area contributed by atoms with Crippen molar-refractivity contribution in [2.75, 3.05) is 13.7 Å². The second-order valence-corrected chi connectivity index (χ2v) is 7.20. The minimum atomic E-state index is -0.790. The van der Waals surface area contributed by atoms with E-state index in [1.54, 1.807) is 12.1 Å². The number of nitrogens with one attached hydrogen (secondary N) is 2. The average molecular weight is 478 g/mol. The van der Waals surface area contributed by atoms with Gasteiger partial charge in [-0.1, -0.05) is 18.2 Å². The quantitative estimate of drug-likeness (QED) is 0.404. The largest absolute Gasteiger partial charge is 0.484 e. The SMILES string of the molecule is COC(=O)C(Cc1c[nH]c2ccccc12)NC(=O)COc1ccc(I)cc1. The van der Waals surface area contributed by atoms with E-state index in [0.29, 0.717) is 12.2 Å². The van der Waals surface area contributed by atoms with Gasteiger partial charge in [-0.15, -0.1) is 0 Å². The highest BCUT2D eigenvalue weighted by molar-refractivity contribution is 14.1. The summed E-state index contributed by atoms with van der Waals surface area (Å²) >= 11 is 2.19. The Labute approximate surface area is 170 Å². The number of aromatic amines is 1. The van der Waals surface area contributed by atoms with E-state index >= 15 is 0 Å². The molecular weight excluding hydrogens is 459 g/mol. The summed E-state index contributed by atoms with van der Waals surface area (Å²) < 4.78 is 11.4. The van der Waals surface area contributed by atoms with Crippen molar-refractivity contribution in [1.29, 1.82) is 0 Å². The van der Waals surface area contributed by atoms with Crippen LogP contribution in [0.1, 0.15) is 5.56 Å². The molecule has 0 aliphatic carbocycles. The normalized spacial score (nSPS) is 11.8. The molecule has 27 heavy (non-hydrogen) atoms. The number of carbonyl (C=O) groups excluding carboxylic acids is 2. The number of esters is 1. The highest BCUT2D eigenvalue weighted by Gasteiger charge is 2.23. The van der Waals surface area contributed by atoms with Crippen LogP contribution in [0.4, 0.5) is 0 Å². The number of para-hydroxylation sites is 1. The number of H-pyrrole nitrogens is 1. The zero-order chi connectivity index (χ0) is 19.2. The van der Waals surface area contributed by atoms with Gasteiger partial charge in [-0.25, -0.2) is 4.79 Å². The number of amides is 1. The van der Waals surface area contributed by atoms with Crippen LogP contribution in [-0.4, -0.2) is 36.6 Å². The van der Waals surface area contributed by atoms with Crippen LogP contribution in [0.2, 0.25) is 0 Å². The van der Waals surface area contributed by atoms with Gasteiger partial charge in [0.25, 0.3) is 5.91 Å². The number of fused-ring (bicyclic) bond motifs is 1. The molecule has 140 valence electrons. The highest BCUT2D eigenvalue weighted by Crippen LogP contribution is 2.19. The van der Waals surface area contributed by atoms with E-state index < -0.39 is 12.0 Å². The minimum Gasteiger partial charge on any atom is -0.484 e. The van der Waals surface area contributed by atoms with Gasteiger partial charge in [0, 0.05) is 27.1 Å². The maximum atomic E-state index is 12.3. The second kappa shape index (κ2) is 8.90. The highest BCUT2D eigenvalue weighted by atomic mass is 127. The van der Waals surface area contributed by atoms with Crippen molar-refractivity contribution in [2.24, 2.45) is 0 Å². The molecule has 3 aromatic rings. The van der Waals surface area contributed by atoms with Crippen molar-refractivity contribution in [1.82, 2.24) is 10.3 Å². The summed E-state index contributed by atoms with van der Waals surface area (Å²) in [6.07, 6.45) is 2.17. The van der Waals surface area contributed by atoms with E-state index in [-0.39, 0.29) is 12.5 Å². The number of rotatable bonds is 7. The number of carbonyl (C=O) groups is 2. The third-order valence-corrected chi connectivity index (χ3v) is 4.82. The van der Waals surface area contributed by atoms with Gasteiger partial charge in [0.05, 0.1) is 7.11 Å². The number of halogens is 1. The smallest absolute Gasteiger partial charge is 0.328 e.